The van der Waals surface area contributed by atoms with E-state index in [2.05, 4.69) is 132 Å². The van der Waals surface area contributed by atoms with Crippen LogP contribution >= 0.6 is 0 Å². The van der Waals surface area contributed by atoms with E-state index in [0.29, 0.717) is 0 Å². The van der Waals surface area contributed by atoms with Crippen molar-refractivity contribution < 1.29 is 17.9 Å². The Bertz CT molecular complexity index is 3810. The molecule has 0 N–H and O–H groups in total. The summed E-state index contributed by atoms with van der Waals surface area (Å²) in [4.78, 5) is 0. The predicted molar refractivity (Wildman–Crippen MR) is 233 cm³/mol. The molecule has 6 heteroatoms. The van der Waals surface area contributed by atoms with Gasteiger partial charge >= 0.3 is 0 Å². The van der Waals surface area contributed by atoms with Crippen molar-refractivity contribution in [2.75, 3.05) is 0 Å². The van der Waals surface area contributed by atoms with Crippen LogP contribution in [0.2, 0.25) is 0 Å². The minimum atomic E-state index is 0.728. The Labute approximate surface area is 330 Å². The maximum atomic E-state index is 6.81. The van der Waals surface area contributed by atoms with E-state index in [9.17, 15) is 0 Å². The van der Waals surface area contributed by atoms with Crippen molar-refractivity contribution in [1.29, 1.82) is 0 Å². The highest BCUT2D eigenvalue weighted by atomic mass is 16.3. The first-order valence-corrected chi connectivity index (χ1v) is 19.4. The fraction of sp³-hybridized carbons (Fsp3) is 0. The number of para-hydroxylation sites is 4. The molecular formula is C52H30N3O3+. The lowest BCUT2D eigenvalue weighted by Crippen LogP contribution is -2.34. The van der Waals surface area contributed by atoms with Gasteiger partial charge in [-0.25, -0.2) is 0 Å². The summed E-state index contributed by atoms with van der Waals surface area (Å²) < 4.78 is 23.6. The summed E-state index contributed by atoms with van der Waals surface area (Å²) in [6, 6.07) is 61.3. The molecule has 5 aromatic heterocycles. The number of hydrogen-bond donors (Lipinski definition) is 0. The summed E-state index contributed by atoms with van der Waals surface area (Å²) in [6.07, 6.45) is 2.08. The fourth-order valence-electron chi connectivity index (χ4n) is 9.05. The van der Waals surface area contributed by atoms with Crippen molar-refractivity contribution in [2.45, 2.75) is 0 Å². The summed E-state index contributed by atoms with van der Waals surface area (Å²) >= 11 is 0. The Balaban J connectivity index is 1.03. The zero-order valence-corrected chi connectivity index (χ0v) is 30.9. The third kappa shape index (κ3) is 4.48. The second-order valence-electron chi connectivity index (χ2n) is 15.0. The van der Waals surface area contributed by atoms with E-state index in [1.165, 1.54) is 10.8 Å². The van der Waals surface area contributed by atoms with E-state index in [0.717, 1.165) is 111 Å². The number of aromatic nitrogens is 3. The highest BCUT2D eigenvalue weighted by Crippen LogP contribution is 2.42. The number of furan rings is 3. The maximum Gasteiger partial charge on any atom is 0.238 e. The second-order valence-corrected chi connectivity index (χ2v) is 15.0. The first-order valence-electron chi connectivity index (χ1n) is 19.4. The van der Waals surface area contributed by atoms with Gasteiger partial charge in [-0.05, 0) is 77.9 Å². The molecule has 0 radical (unpaired) electrons. The van der Waals surface area contributed by atoms with Crippen LogP contribution in [0.3, 0.4) is 0 Å². The van der Waals surface area contributed by atoms with Gasteiger partial charge in [0.15, 0.2) is 11.1 Å². The van der Waals surface area contributed by atoms with Crippen LogP contribution < -0.4 is 4.68 Å². The van der Waals surface area contributed by atoms with Crippen LogP contribution in [0.1, 0.15) is 0 Å². The highest BCUT2D eigenvalue weighted by Gasteiger charge is 2.25. The van der Waals surface area contributed by atoms with E-state index >= 15 is 0 Å². The standard InChI is InChI=1S/C52H30N3O3/c1-2-11-33(12-3-1)54-30-42(37-16-10-20-49-50(37)38-15-6-9-19-46(38)57-49)52-51(53-54)41-29-34(23-26-48(41)58-52)55-43-17-7-4-13-35(43)39-27-31(21-24-44(39)55)32-22-25-47-40(28-32)36-14-5-8-18-45(36)56-47/h1-30H/q+1. The number of benzene rings is 8. The molecule has 0 saturated heterocycles. The van der Waals surface area contributed by atoms with Gasteiger partial charge in [-0.3, -0.25) is 0 Å². The summed E-state index contributed by atoms with van der Waals surface area (Å²) in [6.45, 7) is 0. The lowest BCUT2D eigenvalue weighted by Gasteiger charge is -2.08. The summed E-state index contributed by atoms with van der Waals surface area (Å²) in [7, 11) is 0. The summed E-state index contributed by atoms with van der Waals surface area (Å²) in [5.74, 6) is 0. The molecule has 8 aromatic carbocycles. The monoisotopic (exact) mass is 744 g/mol. The average Bonchev–Trinajstić information content (AvgIpc) is 4.04. The van der Waals surface area contributed by atoms with E-state index in [1.54, 1.807) is 0 Å². The van der Waals surface area contributed by atoms with Crippen LogP contribution in [0.15, 0.2) is 195 Å². The molecule has 13 aromatic rings. The van der Waals surface area contributed by atoms with Crippen molar-refractivity contribution in [3.63, 3.8) is 0 Å². The third-order valence-electron chi connectivity index (χ3n) is 11.7. The summed E-state index contributed by atoms with van der Waals surface area (Å²) in [5.41, 5.74) is 14.3. The zero-order valence-electron chi connectivity index (χ0n) is 30.9. The molecule has 5 heterocycles. The molecule has 0 fully saturated rings. The van der Waals surface area contributed by atoms with Crippen molar-refractivity contribution in [3.8, 4) is 33.6 Å². The molecule has 13 rings (SSSR count). The van der Waals surface area contributed by atoms with E-state index < -0.39 is 0 Å². The molecule has 270 valence electrons. The van der Waals surface area contributed by atoms with Crippen LogP contribution in [0.25, 0.3) is 121 Å². The van der Waals surface area contributed by atoms with Gasteiger partial charge in [-0.2, -0.15) is 0 Å². The van der Waals surface area contributed by atoms with Crippen LogP contribution in [-0.2, 0) is 0 Å². The van der Waals surface area contributed by atoms with Gasteiger partial charge in [0.05, 0.1) is 22.0 Å². The van der Waals surface area contributed by atoms with Crippen molar-refractivity contribution in [3.05, 3.63) is 182 Å². The smallest absolute Gasteiger partial charge is 0.238 e. The average molecular weight is 745 g/mol. The molecule has 0 atom stereocenters. The van der Waals surface area contributed by atoms with Gasteiger partial charge < -0.3 is 17.8 Å². The SMILES string of the molecule is c1ccc(-[n+]2cc(-c3cccc4oc5ccccc5c34)c3oc4ccc(-n5c6ccccc6c6cc(-c7ccc8oc9ccccc9c8c7)ccc65)cc4c3n2)cc1. The number of nitrogens with zero attached hydrogens (tertiary/aromatic N) is 3. The van der Waals surface area contributed by atoms with E-state index in [4.69, 9.17) is 18.4 Å². The first-order chi connectivity index (χ1) is 28.7. The quantitative estimate of drug-likeness (QED) is 0.168. The van der Waals surface area contributed by atoms with E-state index in [1.807, 2.05) is 59.3 Å². The fourth-order valence-corrected chi connectivity index (χ4v) is 9.05. The van der Waals surface area contributed by atoms with Crippen LogP contribution in [0, 0.1) is 0 Å². The molecule has 0 amide bonds. The van der Waals surface area contributed by atoms with Gasteiger partial charge in [0.25, 0.3) is 0 Å². The molecule has 6 nitrogen and oxygen atoms in total. The normalized spacial score (nSPS) is 12.1. The largest absolute Gasteiger partial charge is 0.456 e. The van der Waals surface area contributed by atoms with Crippen LogP contribution in [-0.4, -0.2) is 9.67 Å². The van der Waals surface area contributed by atoms with Crippen molar-refractivity contribution >= 4 is 87.8 Å². The minimum Gasteiger partial charge on any atom is -0.456 e. The molecule has 0 bridgehead atoms. The second kappa shape index (κ2) is 11.8. The van der Waals surface area contributed by atoms with Crippen LogP contribution in [0.4, 0.5) is 0 Å². The number of fused-ring (bicyclic) bond motifs is 12. The van der Waals surface area contributed by atoms with Gasteiger partial charge in [-0.1, -0.05) is 102 Å². The predicted octanol–water partition coefficient (Wildman–Crippen LogP) is 13.5. The van der Waals surface area contributed by atoms with Gasteiger partial charge in [-0.15, -0.1) is 0 Å². The third-order valence-corrected chi connectivity index (χ3v) is 11.7. The molecule has 0 saturated carbocycles. The molecule has 0 aliphatic heterocycles. The van der Waals surface area contributed by atoms with Crippen molar-refractivity contribution in [2.24, 2.45) is 0 Å². The Morgan fingerprint density at radius 2 is 1.05 bits per heavy atom. The van der Waals surface area contributed by atoms with Crippen molar-refractivity contribution in [1.82, 2.24) is 9.67 Å². The topological polar surface area (TPSA) is 61.1 Å². The zero-order chi connectivity index (χ0) is 37.9. The number of rotatable bonds is 4. The molecule has 0 aliphatic rings. The van der Waals surface area contributed by atoms with Gasteiger partial charge in [0.2, 0.25) is 11.9 Å². The highest BCUT2D eigenvalue weighted by molar-refractivity contribution is 6.17. The molecule has 0 aliphatic carbocycles. The Morgan fingerprint density at radius 1 is 0.414 bits per heavy atom. The summed E-state index contributed by atoms with van der Waals surface area (Å²) in [5, 5.41) is 12.9. The lowest BCUT2D eigenvalue weighted by atomic mass is 10.00. The molecular weight excluding hydrogens is 715 g/mol. The Kier molecular flexibility index (Phi) is 6.35. The van der Waals surface area contributed by atoms with Gasteiger partial charge in [0, 0.05) is 60.8 Å². The number of hydrogen-bond acceptors (Lipinski definition) is 4. The van der Waals surface area contributed by atoms with Crippen LogP contribution in [0.5, 0.6) is 0 Å². The van der Waals surface area contributed by atoms with E-state index in [-0.39, 0.29) is 0 Å². The Morgan fingerprint density at radius 3 is 1.93 bits per heavy atom. The Hall–Kier alpha value is -7.96. The van der Waals surface area contributed by atoms with Gasteiger partial charge in [0.1, 0.15) is 27.9 Å². The molecule has 58 heavy (non-hydrogen) atoms. The maximum absolute atomic E-state index is 6.81. The first kappa shape index (κ1) is 31.3. The molecule has 0 spiro atoms. The minimum absolute atomic E-state index is 0.728. The molecule has 0 unspecified atom stereocenters. The lowest BCUT2D eigenvalue weighted by molar-refractivity contribution is -0.656.